The second-order valence-corrected chi connectivity index (χ2v) is 5.08. The number of phenolic OH excluding ortho intramolecular Hbond substituents is 1. The van der Waals surface area contributed by atoms with E-state index in [4.69, 9.17) is 5.73 Å². The van der Waals surface area contributed by atoms with Gasteiger partial charge in [0.15, 0.2) is 0 Å². The summed E-state index contributed by atoms with van der Waals surface area (Å²) in [6.07, 6.45) is 0.136. The van der Waals surface area contributed by atoms with Gasteiger partial charge >= 0.3 is 0 Å². The van der Waals surface area contributed by atoms with Gasteiger partial charge in [0.05, 0.1) is 13.1 Å². The monoisotopic (exact) mass is 336 g/mol. The van der Waals surface area contributed by atoms with Crippen LogP contribution in [-0.4, -0.2) is 47.9 Å². The third-order valence-corrected chi connectivity index (χ3v) is 2.96. The van der Waals surface area contributed by atoms with Gasteiger partial charge in [0.25, 0.3) is 0 Å². The summed E-state index contributed by atoms with van der Waals surface area (Å²) in [5.74, 6) is -2.15. The zero-order valence-electron chi connectivity index (χ0n) is 13.2. The maximum Gasteiger partial charge on any atom is 0.243 e. The van der Waals surface area contributed by atoms with Gasteiger partial charge in [-0.3, -0.25) is 19.2 Å². The molecule has 4 amide bonds. The van der Waals surface area contributed by atoms with Crippen LogP contribution in [0.1, 0.15) is 12.5 Å². The molecule has 0 saturated carbocycles. The first-order chi connectivity index (χ1) is 11.3. The predicted molar refractivity (Wildman–Crippen MR) is 84.6 cm³/mol. The van der Waals surface area contributed by atoms with Crippen molar-refractivity contribution < 1.29 is 24.3 Å². The summed E-state index contributed by atoms with van der Waals surface area (Å²) < 4.78 is 0. The molecule has 0 aromatic heterocycles. The van der Waals surface area contributed by atoms with Gasteiger partial charge in [-0.25, -0.2) is 0 Å². The summed E-state index contributed by atoms with van der Waals surface area (Å²) in [5, 5.41) is 16.4. The standard InChI is InChI=1S/C15H20N4O5/c1-9(20)17-8-14(23)19-12(15(24)18-7-13(16)22)6-10-2-4-11(21)5-3-10/h2-5,12,21H,6-8H2,1H3,(H2,16,22)(H,17,20)(H,18,24)(H,19,23)/t12-/m0/s1. The molecule has 0 aliphatic rings. The number of carbonyl (C=O) groups excluding carboxylic acids is 4. The maximum absolute atomic E-state index is 12.1. The topological polar surface area (TPSA) is 151 Å². The Morgan fingerprint density at radius 2 is 1.71 bits per heavy atom. The highest BCUT2D eigenvalue weighted by molar-refractivity contribution is 5.91. The van der Waals surface area contributed by atoms with Crippen molar-refractivity contribution in [3.8, 4) is 5.75 Å². The lowest BCUT2D eigenvalue weighted by atomic mass is 10.0. The fourth-order valence-corrected chi connectivity index (χ4v) is 1.82. The van der Waals surface area contributed by atoms with Gasteiger partial charge in [-0.05, 0) is 17.7 Å². The van der Waals surface area contributed by atoms with Crippen LogP contribution in [0.2, 0.25) is 0 Å². The van der Waals surface area contributed by atoms with Crippen LogP contribution in [0.4, 0.5) is 0 Å². The van der Waals surface area contributed by atoms with E-state index in [1.807, 2.05) is 0 Å². The molecule has 0 bridgehead atoms. The molecule has 0 radical (unpaired) electrons. The highest BCUT2D eigenvalue weighted by Crippen LogP contribution is 2.11. The molecule has 0 fully saturated rings. The van der Waals surface area contributed by atoms with Gasteiger partial charge in [0, 0.05) is 13.3 Å². The summed E-state index contributed by atoms with van der Waals surface area (Å²) in [5.41, 5.74) is 5.66. The third-order valence-electron chi connectivity index (χ3n) is 2.96. The molecule has 24 heavy (non-hydrogen) atoms. The van der Waals surface area contributed by atoms with E-state index in [0.717, 1.165) is 0 Å². The molecule has 6 N–H and O–H groups in total. The molecule has 0 heterocycles. The van der Waals surface area contributed by atoms with Crippen LogP contribution >= 0.6 is 0 Å². The molecule has 130 valence electrons. The highest BCUT2D eigenvalue weighted by atomic mass is 16.3. The second-order valence-electron chi connectivity index (χ2n) is 5.08. The molecule has 1 aromatic carbocycles. The number of amides is 4. The summed E-state index contributed by atoms with van der Waals surface area (Å²) in [6.45, 7) is 0.637. The number of carbonyl (C=O) groups is 4. The van der Waals surface area contributed by atoms with Crippen molar-refractivity contribution >= 4 is 23.6 Å². The summed E-state index contributed by atoms with van der Waals surface area (Å²) in [7, 11) is 0. The van der Waals surface area contributed by atoms with Crippen molar-refractivity contribution in [1.29, 1.82) is 0 Å². The number of nitrogens with two attached hydrogens (primary N) is 1. The van der Waals surface area contributed by atoms with Crippen molar-refractivity contribution in [2.75, 3.05) is 13.1 Å². The Morgan fingerprint density at radius 1 is 1.08 bits per heavy atom. The minimum absolute atomic E-state index is 0.0724. The molecule has 1 atom stereocenters. The van der Waals surface area contributed by atoms with Crippen molar-refractivity contribution in [2.24, 2.45) is 5.73 Å². The van der Waals surface area contributed by atoms with Crippen LogP contribution in [0.3, 0.4) is 0 Å². The van der Waals surface area contributed by atoms with E-state index < -0.39 is 23.8 Å². The molecular weight excluding hydrogens is 316 g/mol. The summed E-state index contributed by atoms with van der Waals surface area (Å²) in [4.78, 5) is 45.5. The Morgan fingerprint density at radius 3 is 2.25 bits per heavy atom. The SMILES string of the molecule is CC(=O)NCC(=O)N[C@@H](Cc1ccc(O)cc1)C(=O)NCC(N)=O. The number of benzene rings is 1. The Hall–Kier alpha value is -3.10. The Bertz CT molecular complexity index is 615. The number of hydrogen-bond acceptors (Lipinski definition) is 5. The Labute approximate surface area is 138 Å². The molecule has 1 aromatic rings. The molecular formula is C15H20N4O5. The van der Waals surface area contributed by atoms with Gasteiger partial charge in [-0.1, -0.05) is 12.1 Å². The molecule has 0 aliphatic carbocycles. The number of primary amides is 1. The van der Waals surface area contributed by atoms with Crippen molar-refractivity contribution in [3.05, 3.63) is 29.8 Å². The lowest BCUT2D eigenvalue weighted by Gasteiger charge is -2.18. The van der Waals surface area contributed by atoms with Crippen LogP contribution in [0.5, 0.6) is 5.75 Å². The third kappa shape index (κ3) is 7.25. The van der Waals surface area contributed by atoms with Crippen LogP contribution < -0.4 is 21.7 Å². The van der Waals surface area contributed by atoms with E-state index >= 15 is 0 Å². The largest absolute Gasteiger partial charge is 0.508 e. The van der Waals surface area contributed by atoms with E-state index in [-0.39, 0.29) is 31.2 Å². The Balaban J connectivity index is 2.75. The van der Waals surface area contributed by atoms with E-state index in [2.05, 4.69) is 16.0 Å². The molecule has 0 unspecified atom stereocenters. The van der Waals surface area contributed by atoms with E-state index in [0.29, 0.717) is 5.56 Å². The first-order valence-electron chi connectivity index (χ1n) is 7.15. The average Bonchev–Trinajstić information content (AvgIpc) is 2.52. The fourth-order valence-electron chi connectivity index (χ4n) is 1.82. The van der Waals surface area contributed by atoms with E-state index in [1.165, 1.54) is 19.1 Å². The van der Waals surface area contributed by atoms with Crippen LogP contribution in [-0.2, 0) is 25.6 Å². The van der Waals surface area contributed by atoms with Crippen LogP contribution in [0.25, 0.3) is 0 Å². The summed E-state index contributed by atoms with van der Waals surface area (Å²) in [6, 6.07) is 5.14. The first kappa shape index (κ1) is 18.9. The van der Waals surface area contributed by atoms with E-state index in [1.54, 1.807) is 12.1 Å². The molecule has 1 rings (SSSR count). The highest BCUT2D eigenvalue weighted by Gasteiger charge is 2.21. The van der Waals surface area contributed by atoms with Gasteiger partial charge in [-0.2, -0.15) is 0 Å². The van der Waals surface area contributed by atoms with Gasteiger partial charge in [0.1, 0.15) is 11.8 Å². The zero-order valence-corrected chi connectivity index (χ0v) is 13.2. The molecule has 9 heteroatoms. The van der Waals surface area contributed by atoms with Crippen molar-refractivity contribution in [2.45, 2.75) is 19.4 Å². The Kier molecular flexibility index (Phi) is 7.21. The van der Waals surface area contributed by atoms with Crippen LogP contribution in [0.15, 0.2) is 24.3 Å². The average molecular weight is 336 g/mol. The number of aromatic hydroxyl groups is 1. The second kappa shape index (κ2) is 9.13. The lowest BCUT2D eigenvalue weighted by molar-refractivity contribution is -0.130. The van der Waals surface area contributed by atoms with Crippen molar-refractivity contribution in [3.63, 3.8) is 0 Å². The van der Waals surface area contributed by atoms with Gasteiger partial charge in [-0.15, -0.1) is 0 Å². The summed E-state index contributed by atoms with van der Waals surface area (Å²) >= 11 is 0. The van der Waals surface area contributed by atoms with Gasteiger partial charge in [0.2, 0.25) is 23.6 Å². The molecule has 0 aliphatic heterocycles. The number of nitrogens with one attached hydrogen (secondary N) is 3. The smallest absolute Gasteiger partial charge is 0.243 e. The number of phenols is 1. The lowest BCUT2D eigenvalue weighted by Crippen LogP contribution is -2.51. The van der Waals surface area contributed by atoms with Crippen LogP contribution in [0, 0.1) is 0 Å². The van der Waals surface area contributed by atoms with Crippen molar-refractivity contribution in [1.82, 2.24) is 16.0 Å². The number of rotatable bonds is 8. The first-order valence-corrected chi connectivity index (χ1v) is 7.15. The number of hydrogen-bond donors (Lipinski definition) is 5. The normalized spacial score (nSPS) is 11.2. The quantitative estimate of drug-likeness (QED) is 0.378. The maximum atomic E-state index is 12.1. The minimum Gasteiger partial charge on any atom is -0.508 e. The molecule has 0 saturated heterocycles. The fraction of sp³-hybridized carbons (Fsp3) is 0.333. The van der Waals surface area contributed by atoms with E-state index in [9.17, 15) is 24.3 Å². The predicted octanol–water partition coefficient (Wildman–Crippen LogP) is -1.84. The minimum atomic E-state index is -0.963. The van der Waals surface area contributed by atoms with Gasteiger partial charge < -0.3 is 26.8 Å². The zero-order chi connectivity index (χ0) is 18.1. The molecule has 9 nitrogen and oxygen atoms in total. The molecule has 0 spiro atoms.